The van der Waals surface area contributed by atoms with Gasteiger partial charge in [0.15, 0.2) is 0 Å². The molecule has 0 saturated heterocycles. The normalized spacial score (nSPS) is 12.1. The number of aromatic carboxylic acids is 1. The van der Waals surface area contributed by atoms with E-state index in [4.69, 9.17) is 5.11 Å². The molecule has 1 atom stereocenters. The maximum absolute atomic E-state index is 11.8. The maximum Gasteiger partial charge on any atom is 0.342 e. The summed E-state index contributed by atoms with van der Waals surface area (Å²) in [5, 5.41) is 8.93. The van der Waals surface area contributed by atoms with E-state index < -0.39 is 22.8 Å². The number of aryl methyl sites for hydroxylation is 1. The molecule has 0 aliphatic rings. The Kier molecular flexibility index (Phi) is 3.56. The molecule has 0 saturated carbocycles. The number of benzene rings is 1. The molecule has 0 aliphatic carbocycles. The first-order chi connectivity index (χ1) is 9.40. The highest BCUT2D eigenvalue weighted by Crippen LogP contribution is 2.16. The van der Waals surface area contributed by atoms with Gasteiger partial charge in [-0.2, -0.15) is 0 Å². The second kappa shape index (κ2) is 5.16. The van der Waals surface area contributed by atoms with E-state index in [0.29, 0.717) is 0 Å². The Labute approximate surface area is 114 Å². The minimum absolute atomic E-state index is 0.377. The molecule has 20 heavy (non-hydrogen) atoms. The fourth-order valence-corrected chi connectivity index (χ4v) is 1.93. The lowest BCUT2D eigenvalue weighted by molar-refractivity contribution is 0.0693. The number of carboxylic acids is 1. The van der Waals surface area contributed by atoms with Crippen molar-refractivity contribution in [3.63, 3.8) is 0 Å². The highest BCUT2D eigenvalue weighted by molar-refractivity contribution is 5.86. The van der Waals surface area contributed by atoms with E-state index in [1.807, 2.05) is 36.2 Å². The number of aromatic nitrogens is 2. The van der Waals surface area contributed by atoms with Crippen LogP contribution in [0, 0.1) is 6.92 Å². The number of H-pyrrole nitrogens is 1. The molecule has 104 valence electrons. The van der Waals surface area contributed by atoms with Crippen LogP contribution >= 0.6 is 0 Å². The van der Waals surface area contributed by atoms with Gasteiger partial charge < -0.3 is 5.11 Å². The van der Waals surface area contributed by atoms with E-state index in [9.17, 15) is 14.4 Å². The number of nitrogens with zero attached hydrogens (tertiary/aromatic N) is 1. The molecule has 1 aromatic heterocycles. The van der Waals surface area contributed by atoms with Crippen molar-refractivity contribution in [1.82, 2.24) is 9.55 Å². The van der Waals surface area contributed by atoms with E-state index in [0.717, 1.165) is 17.3 Å². The van der Waals surface area contributed by atoms with Gasteiger partial charge in [0.25, 0.3) is 5.56 Å². The molecule has 0 fully saturated rings. The molecule has 6 nitrogen and oxygen atoms in total. The van der Waals surface area contributed by atoms with Crippen molar-refractivity contribution in [1.29, 1.82) is 0 Å². The molecule has 0 amide bonds. The van der Waals surface area contributed by atoms with Gasteiger partial charge in [0.1, 0.15) is 5.56 Å². The quantitative estimate of drug-likeness (QED) is 0.878. The lowest BCUT2D eigenvalue weighted by atomic mass is 10.1. The van der Waals surface area contributed by atoms with Crippen LogP contribution in [-0.2, 0) is 0 Å². The van der Waals surface area contributed by atoms with E-state index in [1.54, 1.807) is 6.92 Å². The summed E-state index contributed by atoms with van der Waals surface area (Å²) >= 11 is 0. The smallest absolute Gasteiger partial charge is 0.342 e. The molecule has 2 rings (SSSR count). The zero-order valence-electron chi connectivity index (χ0n) is 11.1. The molecule has 1 unspecified atom stereocenters. The van der Waals surface area contributed by atoms with Crippen LogP contribution in [0.1, 0.15) is 34.5 Å². The average molecular weight is 274 g/mol. The average Bonchev–Trinajstić information content (AvgIpc) is 2.38. The standard InChI is InChI=1S/C14H14N2O4/c1-8-3-5-10(6-4-8)9(2)16-7-11(13(18)19)12(17)15-14(16)20/h3-7,9H,1-2H3,(H,18,19)(H,15,17,20). The van der Waals surface area contributed by atoms with Crippen molar-refractivity contribution < 1.29 is 9.90 Å². The van der Waals surface area contributed by atoms with Crippen LogP contribution in [0.25, 0.3) is 0 Å². The summed E-state index contributed by atoms with van der Waals surface area (Å²) in [4.78, 5) is 36.2. The minimum Gasteiger partial charge on any atom is -0.477 e. The van der Waals surface area contributed by atoms with E-state index >= 15 is 0 Å². The van der Waals surface area contributed by atoms with Gasteiger partial charge in [0, 0.05) is 6.20 Å². The van der Waals surface area contributed by atoms with Crippen molar-refractivity contribution in [3.8, 4) is 0 Å². The predicted molar refractivity (Wildman–Crippen MR) is 73.3 cm³/mol. The van der Waals surface area contributed by atoms with Crippen LogP contribution in [0.4, 0.5) is 0 Å². The Morgan fingerprint density at radius 3 is 2.40 bits per heavy atom. The molecule has 2 aromatic rings. The summed E-state index contributed by atoms with van der Waals surface area (Å²) in [6.07, 6.45) is 1.08. The van der Waals surface area contributed by atoms with Crippen LogP contribution < -0.4 is 11.2 Å². The number of carboxylic acid groups (broad SMARTS) is 1. The van der Waals surface area contributed by atoms with Crippen LogP contribution in [0.3, 0.4) is 0 Å². The van der Waals surface area contributed by atoms with E-state index in [1.165, 1.54) is 4.57 Å². The molecular formula is C14H14N2O4. The Balaban J connectivity index is 2.54. The first-order valence-corrected chi connectivity index (χ1v) is 6.05. The number of hydrogen-bond donors (Lipinski definition) is 2. The number of hydrogen-bond acceptors (Lipinski definition) is 3. The molecule has 1 heterocycles. The zero-order chi connectivity index (χ0) is 14.9. The Bertz CT molecular complexity index is 756. The largest absolute Gasteiger partial charge is 0.477 e. The second-order valence-corrected chi connectivity index (χ2v) is 4.60. The number of nitrogens with one attached hydrogen (secondary N) is 1. The summed E-state index contributed by atoms with van der Waals surface area (Å²) in [7, 11) is 0. The van der Waals surface area contributed by atoms with Crippen molar-refractivity contribution in [2.45, 2.75) is 19.9 Å². The molecule has 0 radical (unpaired) electrons. The Morgan fingerprint density at radius 2 is 1.85 bits per heavy atom. The van der Waals surface area contributed by atoms with Gasteiger partial charge in [0.05, 0.1) is 6.04 Å². The summed E-state index contributed by atoms with van der Waals surface area (Å²) in [6, 6.07) is 7.15. The lowest BCUT2D eigenvalue weighted by Gasteiger charge is -2.15. The third kappa shape index (κ3) is 2.54. The van der Waals surface area contributed by atoms with Gasteiger partial charge in [-0.15, -0.1) is 0 Å². The topological polar surface area (TPSA) is 92.2 Å². The Hall–Kier alpha value is -2.63. The molecule has 0 aliphatic heterocycles. The number of rotatable bonds is 3. The number of aromatic amines is 1. The van der Waals surface area contributed by atoms with Gasteiger partial charge in [-0.1, -0.05) is 29.8 Å². The molecule has 2 N–H and O–H groups in total. The van der Waals surface area contributed by atoms with Crippen molar-refractivity contribution in [2.75, 3.05) is 0 Å². The highest BCUT2D eigenvalue weighted by Gasteiger charge is 2.15. The molecule has 1 aromatic carbocycles. The van der Waals surface area contributed by atoms with Crippen molar-refractivity contribution >= 4 is 5.97 Å². The lowest BCUT2D eigenvalue weighted by Crippen LogP contribution is -2.35. The SMILES string of the molecule is Cc1ccc(C(C)n2cc(C(=O)O)c(=O)[nH]c2=O)cc1. The van der Waals surface area contributed by atoms with Gasteiger partial charge in [-0.05, 0) is 19.4 Å². The third-order valence-corrected chi connectivity index (χ3v) is 3.18. The summed E-state index contributed by atoms with van der Waals surface area (Å²) < 4.78 is 1.20. The fraction of sp³-hybridized carbons (Fsp3) is 0.214. The van der Waals surface area contributed by atoms with Crippen molar-refractivity contribution in [2.24, 2.45) is 0 Å². The predicted octanol–water partition coefficient (Wildman–Crippen LogP) is 1.15. The monoisotopic (exact) mass is 274 g/mol. The molecule has 0 spiro atoms. The molecular weight excluding hydrogens is 260 g/mol. The Morgan fingerprint density at radius 1 is 1.25 bits per heavy atom. The minimum atomic E-state index is -1.36. The van der Waals surface area contributed by atoms with E-state index in [-0.39, 0.29) is 6.04 Å². The first-order valence-electron chi connectivity index (χ1n) is 6.05. The molecule has 0 bridgehead atoms. The van der Waals surface area contributed by atoms with Gasteiger partial charge in [-0.25, -0.2) is 9.59 Å². The third-order valence-electron chi connectivity index (χ3n) is 3.18. The van der Waals surface area contributed by atoms with Crippen LogP contribution in [-0.4, -0.2) is 20.6 Å². The van der Waals surface area contributed by atoms with Crippen LogP contribution in [0.15, 0.2) is 40.1 Å². The first kappa shape index (κ1) is 13.8. The number of carbonyl (C=O) groups is 1. The van der Waals surface area contributed by atoms with Crippen LogP contribution in [0.2, 0.25) is 0 Å². The summed E-state index contributed by atoms with van der Waals surface area (Å²) in [5.41, 5.74) is -0.0476. The molecule has 6 heteroatoms. The fourth-order valence-electron chi connectivity index (χ4n) is 1.93. The highest BCUT2D eigenvalue weighted by atomic mass is 16.4. The zero-order valence-corrected chi connectivity index (χ0v) is 11.1. The van der Waals surface area contributed by atoms with Crippen molar-refractivity contribution in [3.05, 3.63) is 68.0 Å². The van der Waals surface area contributed by atoms with Gasteiger partial charge in [0.2, 0.25) is 0 Å². The van der Waals surface area contributed by atoms with E-state index in [2.05, 4.69) is 0 Å². The second-order valence-electron chi connectivity index (χ2n) is 4.60. The van der Waals surface area contributed by atoms with Gasteiger partial charge >= 0.3 is 11.7 Å². The van der Waals surface area contributed by atoms with Gasteiger partial charge in [-0.3, -0.25) is 14.3 Å². The maximum atomic E-state index is 11.8. The summed E-state index contributed by atoms with van der Waals surface area (Å²) in [5.74, 6) is -1.36. The van der Waals surface area contributed by atoms with Crippen LogP contribution in [0.5, 0.6) is 0 Å². The summed E-state index contributed by atoms with van der Waals surface area (Å²) in [6.45, 7) is 3.71.